The molecule has 0 aromatic heterocycles. The van der Waals surface area contributed by atoms with Crippen LogP contribution in [0.4, 0.5) is 5.69 Å². The molecule has 0 aliphatic heterocycles. The van der Waals surface area contributed by atoms with Gasteiger partial charge in [-0.3, -0.25) is 14.4 Å². The number of rotatable bonds is 6. The Morgan fingerprint density at radius 2 is 1.30 bits per heavy atom. The van der Waals surface area contributed by atoms with E-state index < -0.39 is 6.04 Å². The SMILES string of the molecule is CNC(=O)c1ccc(NC(=O)C(NC(=O)c2ccc(C(C)(C)C)cc2)C(C)C)cc1. The Morgan fingerprint density at radius 3 is 1.77 bits per heavy atom. The van der Waals surface area contributed by atoms with E-state index in [1.807, 2.05) is 26.0 Å². The minimum atomic E-state index is -0.696. The van der Waals surface area contributed by atoms with Gasteiger partial charge in [0, 0.05) is 23.9 Å². The summed E-state index contributed by atoms with van der Waals surface area (Å²) in [7, 11) is 1.56. The third-order valence-corrected chi connectivity index (χ3v) is 4.89. The van der Waals surface area contributed by atoms with Gasteiger partial charge in [0.15, 0.2) is 0 Å². The number of benzene rings is 2. The van der Waals surface area contributed by atoms with Crippen LogP contribution in [0.5, 0.6) is 0 Å². The summed E-state index contributed by atoms with van der Waals surface area (Å²) in [4.78, 5) is 37.1. The first-order valence-corrected chi connectivity index (χ1v) is 10.1. The zero-order valence-electron chi connectivity index (χ0n) is 18.5. The molecule has 0 aliphatic rings. The largest absolute Gasteiger partial charge is 0.355 e. The summed E-state index contributed by atoms with van der Waals surface area (Å²) in [6, 6.07) is 13.3. The van der Waals surface area contributed by atoms with Gasteiger partial charge in [-0.05, 0) is 53.3 Å². The van der Waals surface area contributed by atoms with E-state index in [0.29, 0.717) is 16.8 Å². The lowest BCUT2D eigenvalue weighted by molar-refractivity contribution is -0.118. The molecule has 3 amide bonds. The van der Waals surface area contributed by atoms with Crippen molar-refractivity contribution < 1.29 is 14.4 Å². The summed E-state index contributed by atoms with van der Waals surface area (Å²) >= 11 is 0. The first-order valence-electron chi connectivity index (χ1n) is 10.1. The number of hydrogen-bond donors (Lipinski definition) is 3. The van der Waals surface area contributed by atoms with Crippen molar-refractivity contribution in [3.63, 3.8) is 0 Å². The second-order valence-electron chi connectivity index (χ2n) is 8.67. The fourth-order valence-electron chi connectivity index (χ4n) is 2.95. The third-order valence-electron chi connectivity index (χ3n) is 4.89. The van der Waals surface area contributed by atoms with Gasteiger partial charge in [-0.1, -0.05) is 46.8 Å². The van der Waals surface area contributed by atoms with Gasteiger partial charge in [0.05, 0.1) is 0 Å². The Hall–Kier alpha value is -3.15. The van der Waals surface area contributed by atoms with E-state index in [1.54, 1.807) is 43.4 Å². The molecule has 0 spiro atoms. The summed E-state index contributed by atoms with van der Waals surface area (Å²) in [5.41, 5.74) is 2.71. The third kappa shape index (κ3) is 5.92. The Labute approximate surface area is 178 Å². The highest BCUT2D eigenvalue weighted by Gasteiger charge is 2.25. The summed E-state index contributed by atoms with van der Waals surface area (Å²) in [5, 5.41) is 8.19. The number of amides is 3. The fourth-order valence-corrected chi connectivity index (χ4v) is 2.95. The predicted molar refractivity (Wildman–Crippen MR) is 120 cm³/mol. The molecule has 2 aromatic carbocycles. The number of hydrogen-bond acceptors (Lipinski definition) is 3. The molecule has 1 unspecified atom stereocenters. The molecule has 0 radical (unpaired) electrons. The van der Waals surface area contributed by atoms with E-state index in [-0.39, 0.29) is 29.1 Å². The van der Waals surface area contributed by atoms with Crippen molar-refractivity contribution in [3.8, 4) is 0 Å². The van der Waals surface area contributed by atoms with Crippen molar-refractivity contribution in [1.29, 1.82) is 0 Å². The molecule has 2 rings (SSSR count). The predicted octanol–water partition coefficient (Wildman–Crippen LogP) is 3.74. The summed E-state index contributed by atoms with van der Waals surface area (Å²) < 4.78 is 0. The van der Waals surface area contributed by atoms with Crippen LogP contribution in [0.15, 0.2) is 48.5 Å². The Balaban J connectivity index is 2.08. The molecule has 1 atom stereocenters. The molecule has 6 heteroatoms. The molecule has 0 saturated carbocycles. The molecule has 0 heterocycles. The van der Waals surface area contributed by atoms with Crippen LogP contribution in [0.3, 0.4) is 0 Å². The van der Waals surface area contributed by atoms with Crippen LogP contribution in [0.1, 0.15) is 60.9 Å². The molecule has 3 N–H and O–H groups in total. The van der Waals surface area contributed by atoms with Crippen LogP contribution < -0.4 is 16.0 Å². The standard InChI is InChI=1S/C24H31N3O3/c1-15(2)20(23(30)26-19-13-9-16(10-14-19)21(28)25-6)27-22(29)17-7-11-18(12-8-17)24(3,4)5/h7-15,20H,1-6H3,(H,25,28)(H,26,30)(H,27,29). The van der Waals surface area contributed by atoms with Crippen LogP contribution in [-0.2, 0) is 10.2 Å². The number of anilines is 1. The highest BCUT2D eigenvalue weighted by Crippen LogP contribution is 2.22. The summed E-state index contributed by atoms with van der Waals surface area (Å²) in [6.45, 7) is 10.1. The van der Waals surface area contributed by atoms with Gasteiger partial charge in [-0.15, -0.1) is 0 Å². The average molecular weight is 410 g/mol. The van der Waals surface area contributed by atoms with Gasteiger partial charge in [0.2, 0.25) is 5.91 Å². The lowest BCUT2D eigenvalue weighted by Gasteiger charge is -2.22. The van der Waals surface area contributed by atoms with Gasteiger partial charge < -0.3 is 16.0 Å². The quantitative estimate of drug-likeness (QED) is 0.679. The van der Waals surface area contributed by atoms with Gasteiger partial charge in [-0.25, -0.2) is 0 Å². The maximum Gasteiger partial charge on any atom is 0.251 e. The number of carbonyl (C=O) groups is 3. The van der Waals surface area contributed by atoms with Crippen LogP contribution in [0.2, 0.25) is 0 Å². The van der Waals surface area contributed by atoms with Crippen molar-refractivity contribution in [2.75, 3.05) is 12.4 Å². The zero-order valence-corrected chi connectivity index (χ0v) is 18.5. The van der Waals surface area contributed by atoms with E-state index in [2.05, 4.69) is 36.7 Å². The first-order chi connectivity index (χ1) is 14.0. The summed E-state index contributed by atoms with van der Waals surface area (Å²) in [5.74, 6) is -0.901. The van der Waals surface area contributed by atoms with Crippen LogP contribution in [0.25, 0.3) is 0 Å². The molecule has 0 aliphatic carbocycles. The highest BCUT2D eigenvalue weighted by atomic mass is 16.2. The van der Waals surface area contributed by atoms with Crippen LogP contribution >= 0.6 is 0 Å². The highest BCUT2D eigenvalue weighted by molar-refractivity contribution is 6.01. The maximum absolute atomic E-state index is 12.8. The average Bonchev–Trinajstić information content (AvgIpc) is 2.70. The lowest BCUT2D eigenvalue weighted by Crippen LogP contribution is -2.47. The smallest absolute Gasteiger partial charge is 0.251 e. The number of nitrogens with one attached hydrogen (secondary N) is 3. The Morgan fingerprint density at radius 1 is 0.800 bits per heavy atom. The van der Waals surface area contributed by atoms with Gasteiger partial charge >= 0.3 is 0 Å². The fraction of sp³-hybridized carbons (Fsp3) is 0.375. The second-order valence-corrected chi connectivity index (χ2v) is 8.67. The monoisotopic (exact) mass is 409 g/mol. The van der Waals surface area contributed by atoms with E-state index in [1.165, 1.54) is 0 Å². The minimum absolute atomic E-state index is 0.00269. The maximum atomic E-state index is 12.8. The molecular weight excluding hydrogens is 378 g/mol. The van der Waals surface area contributed by atoms with E-state index >= 15 is 0 Å². The van der Waals surface area contributed by atoms with E-state index in [4.69, 9.17) is 0 Å². The number of carbonyl (C=O) groups excluding carboxylic acids is 3. The molecule has 0 saturated heterocycles. The van der Waals surface area contributed by atoms with Crippen molar-refractivity contribution >= 4 is 23.4 Å². The van der Waals surface area contributed by atoms with Crippen molar-refractivity contribution in [2.24, 2.45) is 5.92 Å². The van der Waals surface area contributed by atoms with Crippen molar-refractivity contribution in [1.82, 2.24) is 10.6 Å². The molecule has 160 valence electrons. The van der Waals surface area contributed by atoms with E-state index in [9.17, 15) is 14.4 Å². The zero-order chi connectivity index (χ0) is 22.5. The molecule has 2 aromatic rings. The van der Waals surface area contributed by atoms with Crippen LogP contribution in [-0.4, -0.2) is 30.8 Å². The normalized spacial score (nSPS) is 12.2. The van der Waals surface area contributed by atoms with Crippen molar-refractivity contribution in [3.05, 3.63) is 65.2 Å². The van der Waals surface area contributed by atoms with Crippen LogP contribution in [0, 0.1) is 5.92 Å². The molecule has 30 heavy (non-hydrogen) atoms. The molecular formula is C24H31N3O3. The van der Waals surface area contributed by atoms with Gasteiger partial charge in [-0.2, -0.15) is 0 Å². The summed E-state index contributed by atoms with van der Waals surface area (Å²) in [6.07, 6.45) is 0. The molecule has 0 fully saturated rings. The molecule has 0 bridgehead atoms. The van der Waals surface area contributed by atoms with Gasteiger partial charge in [0.25, 0.3) is 11.8 Å². The minimum Gasteiger partial charge on any atom is -0.355 e. The lowest BCUT2D eigenvalue weighted by atomic mass is 9.86. The topological polar surface area (TPSA) is 87.3 Å². The van der Waals surface area contributed by atoms with Gasteiger partial charge in [0.1, 0.15) is 6.04 Å². The second kappa shape index (κ2) is 9.57. The first kappa shape index (κ1) is 23.1. The Bertz CT molecular complexity index is 895. The van der Waals surface area contributed by atoms with Crippen molar-refractivity contribution in [2.45, 2.75) is 46.1 Å². The Kier molecular flexibility index (Phi) is 7.38. The van der Waals surface area contributed by atoms with E-state index in [0.717, 1.165) is 5.56 Å². The molecule has 6 nitrogen and oxygen atoms in total.